The Balaban J connectivity index is 1.72. The molecule has 3 heterocycles. The number of carbonyl (C=O) groups is 1. The van der Waals surface area contributed by atoms with Gasteiger partial charge in [-0.05, 0) is 25.2 Å². The molecule has 0 spiro atoms. The van der Waals surface area contributed by atoms with Crippen LogP contribution in [-0.4, -0.2) is 59.6 Å². The van der Waals surface area contributed by atoms with Crippen LogP contribution in [0.2, 0.25) is 0 Å². The van der Waals surface area contributed by atoms with Gasteiger partial charge in [0.05, 0.1) is 18.4 Å². The van der Waals surface area contributed by atoms with E-state index in [1.807, 2.05) is 0 Å². The van der Waals surface area contributed by atoms with Crippen LogP contribution in [0.3, 0.4) is 0 Å². The van der Waals surface area contributed by atoms with E-state index in [9.17, 15) is 9.90 Å². The van der Waals surface area contributed by atoms with Crippen LogP contribution in [0.25, 0.3) is 0 Å². The van der Waals surface area contributed by atoms with Crippen molar-refractivity contribution in [3.8, 4) is 0 Å². The summed E-state index contributed by atoms with van der Waals surface area (Å²) in [7, 11) is 0. The van der Waals surface area contributed by atoms with Crippen molar-refractivity contribution in [3.63, 3.8) is 0 Å². The Hall–Kier alpha value is -0.690. The number of nitrogens with zero attached hydrogens (tertiary/aromatic N) is 1. The van der Waals surface area contributed by atoms with Crippen LogP contribution in [0.4, 0.5) is 0 Å². The van der Waals surface area contributed by atoms with Crippen molar-refractivity contribution < 1.29 is 14.6 Å². The largest absolute Gasteiger partial charge is 0.480 e. The van der Waals surface area contributed by atoms with Crippen LogP contribution < -0.4 is 10.6 Å². The summed E-state index contributed by atoms with van der Waals surface area (Å²) in [4.78, 5) is 13.6. The van der Waals surface area contributed by atoms with Crippen molar-refractivity contribution in [2.45, 2.75) is 63.6 Å². The summed E-state index contributed by atoms with van der Waals surface area (Å²) in [5.74, 6) is -0.248. The van der Waals surface area contributed by atoms with Gasteiger partial charge in [-0.3, -0.25) is 20.3 Å². The van der Waals surface area contributed by atoms with Crippen molar-refractivity contribution in [2.75, 3.05) is 13.2 Å². The number of carboxylic acid groups (broad SMARTS) is 1. The topological polar surface area (TPSA) is 73.8 Å². The van der Waals surface area contributed by atoms with Gasteiger partial charge < -0.3 is 9.84 Å². The first-order valence-corrected chi connectivity index (χ1v) is 7.68. The Morgan fingerprint density at radius 1 is 1.35 bits per heavy atom. The number of aliphatic carboxylic acids is 1. The summed E-state index contributed by atoms with van der Waals surface area (Å²) in [6.07, 6.45) is 3.45. The molecule has 3 saturated heterocycles. The number of piperidine rings is 1. The second kappa shape index (κ2) is 5.60. The lowest BCUT2D eigenvalue weighted by atomic mass is 9.98. The van der Waals surface area contributed by atoms with Crippen molar-refractivity contribution in [1.29, 1.82) is 0 Å². The fourth-order valence-electron chi connectivity index (χ4n) is 3.56. The van der Waals surface area contributed by atoms with Crippen molar-refractivity contribution in [3.05, 3.63) is 0 Å². The number of ether oxygens (including phenoxy) is 1. The molecule has 6 nitrogen and oxygen atoms in total. The summed E-state index contributed by atoms with van der Waals surface area (Å²) in [5.41, 5.74) is 0. The lowest BCUT2D eigenvalue weighted by Crippen LogP contribution is -2.59. The molecule has 0 saturated carbocycles. The Bertz CT molecular complexity index is 373. The monoisotopic (exact) mass is 283 g/mol. The molecule has 3 aliphatic heterocycles. The first-order chi connectivity index (χ1) is 9.56. The molecular weight excluding hydrogens is 258 g/mol. The smallest absolute Gasteiger partial charge is 0.320 e. The Labute approximate surface area is 119 Å². The average Bonchev–Trinajstić information content (AvgIpc) is 2.71. The van der Waals surface area contributed by atoms with Gasteiger partial charge in [-0.25, -0.2) is 0 Å². The van der Waals surface area contributed by atoms with Gasteiger partial charge in [0.25, 0.3) is 0 Å². The van der Waals surface area contributed by atoms with Gasteiger partial charge in [0.1, 0.15) is 6.04 Å². The van der Waals surface area contributed by atoms with Crippen molar-refractivity contribution in [1.82, 2.24) is 15.5 Å². The Morgan fingerprint density at radius 2 is 2.10 bits per heavy atom. The van der Waals surface area contributed by atoms with E-state index in [-0.39, 0.29) is 6.17 Å². The van der Waals surface area contributed by atoms with Crippen LogP contribution in [-0.2, 0) is 9.53 Å². The second-order valence-electron chi connectivity index (χ2n) is 6.52. The molecule has 0 aliphatic carbocycles. The summed E-state index contributed by atoms with van der Waals surface area (Å²) < 4.78 is 5.56. The first-order valence-electron chi connectivity index (χ1n) is 7.68. The molecule has 0 aromatic carbocycles. The zero-order chi connectivity index (χ0) is 14.3. The molecule has 0 amide bonds. The van der Waals surface area contributed by atoms with Gasteiger partial charge in [-0.15, -0.1) is 0 Å². The van der Waals surface area contributed by atoms with Gasteiger partial charge in [0, 0.05) is 19.2 Å². The third kappa shape index (κ3) is 2.57. The summed E-state index contributed by atoms with van der Waals surface area (Å²) in [6, 6.07) is -0.0770. The first kappa shape index (κ1) is 14.3. The highest BCUT2D eigenvalue weighted by Gasteiger charge is 2.46. The van der Waals surface area contributed by atoms with E-state index >= 15 is 0 Å². The molecule has 3 rings (SSSR count). The van der Waals surface area contributed by atoms with Gasteiger partial charge in [0.15, 0.2) is 0 Å². The van der Waals surface area contributed by atoms with Crippen LogP contribution in [0, 0.1) is 5.92 Å². The maximum absolute atomic E-state index is 11.2. The van der Waals surface area contributed by atoms with Crippen LogP contribution in [0.5, 0.6) is 0 Å². The summed E-state index contributed by atoms with van der Waals surface area (Å²) in [5, 5.41) is 16.2. The molecule has 3 fully saturated rings. The Kier molecular flexibility index (Phi) is 3.99. The van der Waals surface area contributed by atoms with E-state index < -0.39 is 12.0 Å². The molecule has 20 heavy (non-hydrogen) atoms. The molecule has 6 heteroatoms. The molecule has 0 aromatic heterocycles. The van der Waals surface area contributed by atoms with Gasteiger partial charge >= 0.3 is 5.97 Å². The highest BCUT2D eigenvalue weighted by atomic mass is 16.5. The van der Waals surface area contributed by atoms with E-state index in [1.165, 1.54) is 0 Å². The minimum absolute atomic E-state index is 0.112. The van der Waals surface area contributed by atoms with E-state index in [0.717, 1.165) is 26.0 Å². The van der Waals surface area contributed by atoms with Crippen molar-refractivity contribution in [2.24, 2.45) is 5.92 Å². The van der Waals surface area contributed by atoms with E-state index in [4.69, 9.17) is 4.74 Å². The summed E-state index contributed by atoms with van der Waals surface area (Å²) in [6.45, 7) is 6.16. The zero-order valence-electron chi connectivity index (χ0n) is 12.2. The zero-order valence-corrected chi connectivity index (χ0v) is 12.2. The lowest BCUT2D eigenvalue weighted by Gasteiger charge is -2.40. The van der Waals surface area contributed by atoms with Crippen LogP contribution >= 0.6 is 0 Å². The number of hydrogen-bond acceptors (Lipinski definition) is 5. The highest BCUT2D eigenvalue weighted by Crippen LogP contribution is 2.29. The normalized spacial score (nSPS) is 41.5. The number of fused-ring (bicyclic) bond motifs is 1. The number of nitrogens with one attached hydrogen (secondary N) is 2. The lowest BCUT2D eigenvalue weighted by molar-refractivity contribution is -0.141. The fourth-order valence-corrected chi connectivity index (χ4v) is 3.56. The van der Waals surface area contributed by atoms with Crippen molar-refractivity contribution >= 4 is 5.97 Å². The SMILES string of the molecule is CC(C)C1NC2CCC(C(=O)O)NC2N1C[C@@H]1CCO1. The molecule has 114 valence electrons. The standard InChI is InChI=1S/C14H25N3O3/c1-8(2)12-15-10-3-4-11(14(18)19)16-13(10)17(12)7-9-5-6-20-9/h8-13,15-16H,3-7H2,1-2H3,(H,18,19)/t9-,10?,11?,12?,13?/m0/s1. The fraction of sp³-hybridized carbons (Fsp3) is 0.929. The quantitative estimate of drug-likeness (QED) is 0.684. The maximum Gasteiger partial charge on any atom is 0.320 e. The van der Waals surface area contributed by atoms with Gasteiger partial charge in [0.2, 0.25) is 0 Å². The van der Waals surface area contributed by atoms with E-state index in [0.29, 0.717) is 30.7 Å². The molecule has 0 aromatic rings. The molecule has 0 radical (unpaired) electrons. The second-order valence-corrected chi connectivity index (χ2v) is 6.52. The number of hydrogen-bond donors (Lipinski definition) is 3. The third-order valence-corrected chi connectivity index (χ3v) is 4.76. The molecular formula is C14H25N3O3. The van der Waals surface area contributed by atoms with E-state index in [1.54, 1.807) is 0 Å². The third-order valence-electron chi connectivity index (χ3n) is 4.76. The van der Waals surface area contributed by atoms with Crippen LogP contribution in [0.1, 0.15) is 33.1 Å². The molecule has 0 bridgehead atoms. The van der Waals surface area contributed by atoms with Gasteiger partial charge in [-0.1, -0.05) is 13.8 Å². The number of rotatable bonds is 4. The maximum atomic E-state index is 11.2. The number of carboxylic acids is 1. The van der Waals surface area contributed by atoms with Crippen LogP contribution in [0.15, 0.2) is 0 Å². The predicted molar refractivity (Wildman–Crippen MR) is 74.2 cm³/mol. The highest BCUT2D eigenvalue weighted by molar-refractivity contribution is 5.73. The molecule has 3 aliphatic rings. The van der Waals surface area contributed by atoms with Gasteiger partial charge in [-0.2, -0.15) is 0 Å². The minimum Gasteiger partial charge on any atom is -0.480 e. The Morgan fingerprint density at radius 3 is 2.65 bits per heavy atom. The summed E-state index contributed by atoms with van der Waals surface area (Å²) >= 11 is 0. The van der Waals surface area contributed by atoms with E-state index in [2.05, 4.69) is 29.4 Å². The molecule has 3 N–H and O–H groups in total. The minimum atomic E-state index is -0.740. The predicted octanol–water partition coefficient (Wildman–Crippen LogP) is 0.194. The average molecular weight is 283 g/mol. The molecule has 5 atom stereocenters. The molecule has 4 unspecified atom stereocenters.